The van der Waals surface area contributed by atoms with Crippen LogP contribution in [-0.4, -0.2) is 26.1 Å². The quantitative estimate of drug-likeness (QED) is 0.681. The van der Waals surface area contributed by atoms with Crippen molar-refractivity contribution in [3.05, 3.63) is 66.2 Å². The summed E-state index contributed by atoms with van der Waals surface area (Å²) in [4.78, 5) is 10.6. The zero-order chi connectivity index (χ0) is 18.8. The molecule has 0 fully saturated rings. The Morgan fingerprint density at radius 1 is 0.833 bits per heavy atom. The monoisotopic (exact) mass is 332 g/mol. The van der Waals surface area contributed by atoms with E-state index in [0.717, 1.165) is 11.3 Å². The minimum atomic E-state index is 0.121. The Kier molecular flexibility index (Phi) is 17.3. The summed E-state index contributed by atoms with van der Waals surface area (Å²) in [6.07, 6.45) is 0.384. The molecule has 134 valence electrons. The fraction of sp³-hybridized carbons (Fsp3) is 0.381. The third-order valence-electron chi connectivity index (χ3n) is 2.63. The van der Waals surface area contributed by atoms with Crippen LogP contribution >= 0.6 is 0 Å². The van der Waals surface area contributed by atoms with Gasteiger partial charge in [0.15, 0.2) is 5.78 Å². The van der Waals surface area contributed by atoms with Gasteiger partial charge in [0, 0.05) is 12.7 Å². The van der Waals surface area contributed by atoms with Crippen molar-refractivity contribution in [3.8, 4) is 5.75 Å². The molecule has 0 N–H and O–H groups in total. The Labute approximate surface area is 147 Å². The molecule has 0 saturated heterocycles. The van der Waals surface area contributed by atoms with Gasteiger partial charge in [0.05, 0.1) is 13.2 Å². The van der Waals surface area contributed by atoms with Crippen LogP contribution in [0.4, 0.5) is 0 Å². The fourth-order valence-electron chi connectivity index (χ4n) is 1.23. The number of hydrogen-bond donors (Lipinski definition) is 0. The Morgan fingerprint density at radius 2 is 1.21 bits per heavy atom. The number of methoxy groups -OCH3 is 2. The van der Waals surface area contributed by atoms with Crippen LogP contribution in [0.1, 0.15) is 45.0 Å². The van der Waals surface area contributed by atoms with E-state index in [1.807, 2.05) is 88.4 Å². The molecule has 0 amide bonds. The van der Waals surface area contributed by atoms with E-state index in [-0.39, 0.29) is 5.78 Å². The van der Waals surface area contributed by atoms with E-state index < -0.39 is 0 Å². The summed E-state index contributed by atoms with van der Waals surface area (Å²) in [5, 5.41) is 0. The number of ether oxygens (including phenoxy) is 2. The van der Waals surface area contributed by atoms with E-state index in [2.05, 4.69) is 0 Å². The molecule has 0 saturated carbocycles. The molecule has 0 aliphatic heterocycles. The van der Waals surface area contributed by atoms with Crippen LogP contribution in [0.3, 0.4) is 0 Å². The molecule has 3 nitrogen and oxygen atoms in total. The van der Waals surface area contributed by atoms with Gasteiger partial charge in [0.2, 0.25) is 0 Å². The lowest BCUT2D eigenvalue weighted by molar-refractivity contribution is 0.101. The first-order chi connectivity index (χ1) is 11.5. The molecule has 2 aromatic rings. The molecule has 0 spiro atoms. The first kappa shape index (κ1) is 24.1. The standard InChI is InChI=1S/C8H8O.C7H8O.C4H10O.C2H6/c1-7(9)8-5-3-2-4-6-8;1-8-7-5-3-2-4-6-7;1-4(2)5-3;1-2/h2-6H,1H3;2-6H,1H3;4H,1-3H3;1-2H3. The largest absolute Gasteiger partial charge is 0.497 e. The predicted molar refractivity (Wildman–Crippen MR) is 103 cm³/mol. The second kappa shape index (κ2) is 17.2. The zero-order valence-electron chi connectivity index (χ0n) is 16.1. The van der Waals surface area contributed by atoms with Gasteiger partial charge in [0.1, 0.15) is 5.75 Å². The van der Waals surface area contributed by atoms with E-state index in [9.17, 15) is 4.79 Å². The maximum atomic E-state index is 10.6. The highest BCUT2D eigenvalue weighted by atomic mass is 16.5. The number of hydrogen-bond acceptors (Lipinski definition) is 3. The van der Waals surface area contributed by atoms with Crippen molar-refractivity contribution in [2.24, 2.45) is 0 Å². The molecule has 0 aromatic heterocycles. The molecule has 0 unspecified atom stereocenters. The molecule has 0 aliphatic rings. The highest BCUT2D eigenvalue weighted by Crippen LogP contribution is 2.05. The number of para-hydroxylation sites is 1. The number of ketones is 1. The summed E-state index contributed by atoms with van der Waals surface area (Å²) in [5.41, 5.74) is 0.775. The van der Waals surface area contributed by atoms with Crippen molar-refractivity contribution in [3.63, 3.8) is 0 Å². The van der Waals surface area contributed by atoms with Gasteiger partial charge >= 0.3 is 0 Å². The molecule has 3 heteroatoms. The van der Waals surface area contributed by atoms with Gasteiger partial charge in [-0.15, -0.1) is 0 Å². The van der Waals surface area contributed by atoms with Crippen molar-refractivity contribution < 1.29 is 14.3 Å². The molecule has 0 heterocycles. The second-order valence-corrected chi connectivity index (χ2v) is 4.72. The molecular formula is C21H32O3. The Bertz CT molecular complexity index is 493. The van der Waals surface area contributed by atoms with E-state index in [4.69, 9.17) is 9.47 Å². The summed E-state index contributed by atoms with van der Waals surface area (Å²) in [5.74, 6) is 1.03. The van der Waals surface area contributed by atoms with Gasteiger partial charge in [0.25, 0.3) is 0 Å². The highest BCUT2D eigenvalue weighted by Gasteiger charge is 1.92. The van der Waals surface area contributed by atoms with Crippen LogP contribution in [0.25, 0.3) is 0 Å². The average molecular weight is 332 g/mol. The van der Waals surface area contributed by atoms with E-state index in [0.29, 0.717) is 6.10 Å². The predicted octanol–water partition coefficient (Wildman–Crippen LogP) is 5.65. The number of carbonyl (C=O) groups is 1. The summed E-state index contributed by atoms with van der Waals surface area (Å²) in [6.45, 7) is 9.56. The second-order valence-electron chi connectivity index (χ2n) is 4.72. The molecule has 0 radical (unpaired) electrons. The summed E-state index contributed by atoms with van der Waals surface area (Å²) < 4.78 is 9.66. The van der Waals surface area contributed by atoms with Crippen LogP contribution in [0.2, 0.25) is 0 Å². The molecule has 24 heavy (non-hydrogen) atoms. The van der Waals surface area contributed by atoms with Gasteiger partial charge in [-0.25, -0.2) is 0 Å². The molecule has 2 aromatic carbocycles. The molecule has 0 aliphatic carbocycles. The third kappa shape index (κ3) is 14.8. The van der Waals surface area contributed by atoms with Gasteiger partial charge in [-0.2, -0.15) is 0 Å². The van der Waals surface area contributed by atoms with Crippen molar-refractivity contribution >= 4 is 5.78 Å². The van der Waals surface area contributed by atoms with Gasteiger partial charge in [-0.3, -0.25) is 4.79 Å². The van der Waals surface area contributed by atoms with E-state index in [1.165, 1.54) is 0 Å². The van der Waals surface area contributed by atoms with Crippen molar-refractivity contribution in [1.29, 1.82) is 0 Å². The highest BCUT2D eigenvalue weighted by molar-refractivity contribution is 5.93. The lowest BCUT2D eigenvalue weighted by atomic mass is 10.2. The van der Waals surface area contributed by atoms with Crippen LogP contribution < -0.4 is 4.74 Å². The Balaban J connectivity index is 0. The van der Waals surface area contributed by atoms with Crippen LogP contribution in [0.5, 0.6) is 5.75 Å². The Hall–Kier alpha value is -2.13. The normalized spacial score (nSPS) is 8.50. The minimum Gasteiger partial charge on any atom is -0.497 e. The lowest BCUT2D eigenvalue weighted by Gasteiger charge is -1.94. The molecule has 0 atom stereocenters. The average Bonchev–Trinajstić information content (AvgIpc) is 2.65. The first-order valence-corrected chi connectivity index (χ1v) is 8.19. The van der Waals surface area contributed by atoms with E-state index in [1.54, 1.807) is 21.1 Å². The van der Waals surface area contributed by atoms with Gasteiger partial charge in [-0.1, -0.05) is 62.4 Å². The number of rotatable bonds is 3. The fourth-order valence-corrected chi connectivity index (χ4v) is 1.23. The van der Waals surface area contributed by atoms with E-state index >= 15 is 0 Å². The molecule has 2 rings (SSSR count). The molecule has 0 bridgehead atoms. The van der Waals surface area contributed by atoms with Gasteiger partial charge in [-0.05, 0) is 32.9 Å². The smallest absolute Gasteiger partial charge is 0.159 e. The zero-order valence-corrected chi connectivity index (χ0v) is 16.1. The lowest BCUT2D eigenvalue weighted by Crippen LogP contribution is -1.94. The number of benzene rings is 2. The Morgan fingerprint density at radius 3 is 1.42 bits per heavy atom. The van der Waals surface area contributed by atoms with Crippen molar-refractivity contribution in [1.82, 2.24) is 0 Å². The first-order valence-electron chi connectivity index (χ1n) is 8.19. The van der Waals surface area contributed by atoms with Crippen molar-refractivity contribution in [2.45, 2.75) is 40.7 Å². The number of carbonyl (C=O) groups excluding carboxylic acids is 1. The SMILES string of the molecule is CC.CC(=O)c1ccccc1.COC(C)C.COc1ccccc1. The van der Waals surface area contributed by atoms with Crippen LogP contribution in [0.15, 0.2) is 60.7 Å². The topological polar surface area (TPSA) is 35.5 Å². The van der Waals surface area contributed by atoms with Crippen LogP contribution in [-0.2, 0) is 4.74 Å². The molecular weight excluding hydrogens is 300 g/mol. The van der Waals surface area contributed by atoms with Crippen molar-refractivity contribution in [2.75, 3.05) is 14.2 Å². The van der Waals surface area contributed by atoms with Gasteiger partial charge < -0.3 is 9.47 Å². The maximum Gasteiger partial charge on any atom is 0.159 e. The maximum absolute atomic E-state index is 10.6. The third-order valence-corrected chi connectivity index (χ3v) is 2.63. The summed E-state index contributed by atoms with van der Waals surface area (Å²) >= 11 is 0. The van der Waals surface area contributed by atoms with Crippen LogP contribution in [0, 0.1) is 0 Å². The summed E-state index contributed by atoms with van der Waals surface area (Å²) in [7, 11) is 3.36. The number of Topliss-reactive ketones (excluding diaryl/α,β-unsaturated/α-hetero) is 1. The summed E-state index contributed by atoms with van der Waals surface area (Å²) in [6, 6.07) is 18.9. The minimum absolute atomic E-state index is 0.121.